The highest BCUT2D eigenvalue weighted by molar-refractivity contribution is 5.80. The van der Waals surface area contributed by atoms with Crippen LogP contribution in [0.5, 0.6) is 0 Å². The number of nitrogens with zero attached hydrogens (tertiary/aromatic N) is 1. The van der Waals surface area contributed by atoms with Crippen molar-refractivity contribution in [3.05, 3.63) is 0 Å². The fourth-order valence-electron chi connectivity index (χ4n) is 3.43. The molecule has 0 radical (unpaired) electrons. The normalized spacial score (nSPS) is 23.8. The minimum atomic E-state index is -0.547. The first-order valence-corrected chi connectivity index (χ1v) is 8.74. The fourth-order valence-corrected chi connectivity index (χ4v) is 3.43. The summed E-state index contributed by atoms with van der Waals surface area (Å²) >= 11 is 0. The van der Waals surface area contributed by atoms with Crippen LogP contribution in [0.25, 0.3) is 0 Å². The molecule has 1 heterocycles. The monoisotopic (exact) mass is 296 g/mol. The zero-order valence-corrected chi connectivity index (χ0v) is 14.0. The highest BCUT2D eigenvalue weighted by Gasteiger charge is 2.41. The molecule has 1 aliphatic heterocycles. The Kier molecular flexibility index (Phi) is 6.06. The fraction of sp³-hybridized carbons (Fsp3) is 0.941. The molecule has 1 N–H and O–H groups in total. The van der Waals surface area contributed by atoms with Gasteiger partial charge in [-0.05, 0) is 58.5 Å². The summed E-state index contributed by atoms with van der Waals surface area (Å²) in [6, 6.07) is 0.511. The van der Waals surface area contributed by atoms with Crippen molar-refractivity contribution in [2.75, 3.05) is 26.2 Å². The smallest absolute Gasteiger partial charge is 0.327 e. The van der Waals surface area contributed by atoms with Crippen molar-refractivity contribution >= 4 is 5.97 Å². The largest absolute Gasteiger partial charge is 0.465 e. The third-order valence-corrected chi connectivity index (χ3v) is 4.77. The average molecular weight is 296 g/mol. The van der Waals surface area contributed by atoms with Gasteiger partial charge in [-0.3, -0.25) is 10.1 Å². The molecule has 2 rings (SSSR count). The van der Waals surface area contributed by atoms with Crippen molar-refractivity contribution in [3.8, 4) is 0 Å². The molecule has 122 valence electrons. The minimum absolute atomic E-state index is 0.0902. The van der Waals surface area contributed by atoms with Crippen LogP contribution in [0.15, 0.2) is 0 Å². The molecular weight excluding hydrogens is 264 g/mol. The van der Waals surface area contributed by atoms with E-state index in [1.54, 1.807) is 0 Å². The highest BCUT2D eigenvalue weighted by atomic mass is 16.5. The maximum absolute atomic E-state index is 12.4. The Morgan fingerprint density at radius 2 is 1.90 bits per heavy atom. The van der Waals surface area contributed by atoms with E-state index in [0.717, 1.165) is 25.6 Å². The Labute approximate surface area is 129 Å². The number of hydrogen-bond donors (Lipinski definition) is 1. The second kappa shape index (κ2) is 7.59. The predicted molar refractivity (Wildman–Crippen MR) is 85.3 cm³/mol. The molecule has 0 spiro atoms. The van der Waals surface area contributed by atoms with Crippen LogP contribution in [0.2, 0.25) is 0 Å². The van der Waals surface area contributed by atoms with Gasteiger partial charge in [-0.1, -0.05) is 19.8 Å². The molecule has 1 aliphatic carbocycles. The van der Waals surface area contributed by atoms with Gasteiger partial charge in [0.2, 0.25) is 0 Å². The number of nitrogens with one attached hydrogen (secondary N) is 1. The second-order valence-electron chi connectivity index (χ2n) is 6.98. The van der Waals surface area contributed by atoms with Crippen LogP contribution in [0.3, 0.4) is 0 Å². The lowest BCUT2D eigenvalue weighted by Crippen LogP contribution is -2.59. The number of rotatable bonds is 8. The van der Waals surface area contributed by atoms with Gasteiger partial charge in [-0.25, -0.2) is 0 Å². The van der Waals surface area contributed by atoms with E-state index in [1.807, 2.05) is 13.8 Å². The molecule has 1 unspecified atom stereocenters. The summed E-state index contributed by atoms with van der Waals surface area (Å²) in [5.41, 5.74) is -0.547. The summed E-state index contributed by atoms with van der Waals surface area (Å²) < 4.78 is 5.31. The van der Waals surface area contributed by atoms with Crippen LogP contribution in [-0.2, 0) is 9.53 Å². The van der Waals surface area contributed by atoms with Crippen molar-refractivity contribution in [1.82, 2.24) is 10.2 Å². The Morgan fingerprint density at radius 1 is 1.24 bits per heavy atom. The van der Waals surface area contributed by atoms with Gasteiger partial charge in [0.25, 0.3) is 0 Å². The summed E-state index contributed by atoms with van der Waals surface area (Å²) in [5.74, 6) is 0.795. The standard InChI is InChI=1S/C17H32N2O2/c1-4-6-14-9-11-19(12-10-14)13-17(3,16(20)21-5-2)18-15-7-8-15/h14-15,18H,4-13H2,1-3H3. The lowest BCUT2D eigenvalue weighted by molar-refractivity contribution is -0.151. The molecule has 0 bridgehead atoms. The summed E-state index contributed by atoms with van der Waals surface area (Å²) in [6.07, 6.45) is 7.56. The Balaban J connectivity index is 1.88. The van der Waals surface area contributed by atoms with Crippen LogP contribution in [0.4, 0.5) is 0 Å². The maximum atomic E-state index is 12.4. The third-order valence-electron chi connectivity index (χ3n) is 4.77. The number of carbonyl (C=O) groups is 1. The van der Waals surface area contributed by atoms with Gasteiger partial charge in [0.1, 0.15) is 5.54 Å². The zero-order chi connectivity index (χ0) is 15.3. The molecular formula is C17H32N2O2. The topological polar surface area (TPSA) is 41.6 Å². The average Bonchev–Trinajstić information content (AvgIpc) is 3.25. The van der Waals surface area contributed by atoms with Crippen LogP contribution >= 0.6 is 0 Å². The lowest BCUT2D eigenvalue weighted by atomic mass is 9.91. The number of hydrogen-bond acceptors (Lipinski definition) is 4. The third kappa shape index (κ3) is 4.96. The van der Waals surface area contributed by atoms with Gasteiger partial charge >= 0.3 is 5.97 Å². The molecule has 2 fully saturated rings. The van der Waals surface area contributed by atoms with Crippen LogP contribution < -0.4 is 5.32 Å². The summed E-state index contributed by atoms with van der Waals surface area (Å²) in [7, 11) is 0. The number of piperidine rings is 1. The van der Waals surface area contributed by atoms with E-state index in [1.165, 1.54) is 38.5 Å². The molecule has 1 saturated heterocycles. The van der Waals surface area contributed by atoms with Crippen molar-refractivity contribution < 1.29 is 9.53 Å². The summed E-state index contributed by atoms with van der Waals surface area (Å²) in [4.78, 5) is 14.8. The first-order chi connectivity index (χ1) is 10.1. The van der Waals surface area contributed by atoms with Gasteiger partial charge in [0.05, 0.1) is 6.61 Å². The molecule has 0 aromatic carbocycles. The number of likely N-dealkylation sites (tertiary alicyclic amines) is 1. The quantitative estimate of drug-likeness (QED) is 0.699. The van der Waals surface area contributed by atoms with E-state index in [0.29, 0.717) is 12.6 Å². The molecule has 0 aromatic heterocycles. The number of esters is 1. The maximum Gasteiger partial charge on any atom is 0.327 e. The van der Waals surface area contributed by atoms with E-state index in [-0.39, 0.29) is 5.97 Å². The SMILES string of the molecule is CCCC1CCN(CC(C)(NC2CC2)C(=O)OCC)CC1. The Hall–Kier alpha value is -0.610. The van der Waals surface area contributed by atoms with Crippen molar-refractivity contribution in [3.63, 3.8) is 0 Å². The van der Waals surface area contributed by atoms with Crippen LogP contribution in [0, 0.1) is 5.92 Å². The minimum Gasteiger partial charge on any atom is -0.465 e. The summed E-state index contributed by atoms with van der Waals surface area (Å²) in [6.45, 7) is 9.63. The molecule has 1 atom stereocenters. The van der Waals surface area contributed by atoms with E-state index in [2.05, 4.69) is 17.1 Å². The van der Waals surface area contributed by atoms with Gasteiger partial charge in [0.15, 0.2) is 0 Å². The number of ether oxygens (including phenoxy) is 1. The number of carbonyl (C=O) groups excluding carboxylic acids is 1. The summed E-state index contributed by atoms with van der Waals surface area (Å²) in [5, 5.41) is 3.52. The Bertz CT molecular complexity index is 336. The van der Waals surface area contributed by atoms with E-state index >= 15 is 0 Å². The van der Waals surface area contributed by atoms with E-state index in [4.69, 9.17) is 4.74 Å². The van der Waals surface area contributed by atoms with Crippen molar-refractivity contribution in [2.45, 2.75) is 70.9 Å². The molecule has 0 amide bonds. The highest BCUT2D eigenvalue weighted by Crippen LogP contribution is 2.26. The first-order valence-electron chi connectivity index (χ1n) is 8.74. The molecule has 0 aromatic rings. The Morgan fingerprint density at radius 3 is 2.43 bits per heavy atom. The van der Waals surface area contributed by atoms with E-state index < -0.39 is 5.54 Å². The van der Waals surface area contributed by atoms with Crippen LogP contribution in [0.1, 0.15) is 59.3 Å². The van der Waals surface area contributed by atoms with E-state index in [9.17, 15) is 4.79 Å². The molecule has 2 aliphatic rings. The first kappa shape index (κ1) is 16.8. The van der Waals surface area contributed by atoms with Gasteiger partial charge in [-0.15, -0.1) is 0 Å². The lowest BCUT2D eigenvalue weighted by Gasteiger charge is -2.38. The molecule has 4 heteroatoms. The molecule has 1 saturated carbocycles. The zero-order valence-electron chi connectivity index (χ0n) is 14.0. The molecule has 21 heavy (non-hydrogen) atoms. The van der Waals surface area contributed by atoms with Crippen molar-refractivity contribution in [2.24, 2.45) is 5.92 Å². The molecule has 4 nitrogen and oxygen atoms in total. The van der Waals surface area contributed by atoms with Gasteiger partial charge in [0, 0.05) is 12.6 Å². The predicted octanol–water partition coefficient (Wildman–Crippen LogP) is 2.57. The van der Waals surface area contributed by atoms with Gasteiger partial charge < -0.3 is 9.64 Å². The van der Waals surface area contributed by atoms with Gasteiger partial charge in [-0.2, -0.15) is 0 Å². The second-order valence-corrected chi connectivity index (χ2v) is 6.98. The van der Waals surface area contributed by atoms with Crippen molar-refractivity contribution in [1.29, 1.82) is 0 Å². The van der Waals surface area contributed by atoms with Crippen LogP contribution in [-0.4, -0.2) is 48.7 Å².